The lowest BCUT2D eigenvalue weighted by molar-refractivity contribution is -0.673. The van der Waals surface area contributed by atoms with Gasteiger partial charge in [-0.05, 0) is 25.1 Å². The molecular weight excluding hydrogens is 398 g/mol. The van der Waals surface area contributed by atoms with Crippen LogP contribution in [0.5, 0.6) is 0 Å². The molecule has 0 radical (unpaired) electrons. The maximum atomic E-state index is 13.1. The fourth-order valence-electron chi connectivity index (χ4n) is 3.08. The largest absolute Gasteiger partial charge is 1.00 e. The molecule has 7 heteroatoms. The smallest absolute Gasteiger partial charge is 0.271 e. The van der Waals surface area contributed by atoms with E-state index in [4.69, 9.17) is 0 Å². The van der Waals surface area contributed by atoms with E-state index >= 15 is 0 Å². The molecule has 0 bridgehead atoms. The highest BCUT2D eigenvalue weighted by Gasteiger charge is 2.24. The Bertz CT molecular complexity index is 1170. The Morgan fingerprint density at radius 3 is 2.59 bits per heavy atom. The van der Waals surface area contributed by atoms with E-state index in [-0.39, 0.29) is 18.0 Å². The number of thiazole rings is 1. The maximum absolute atomic E-state index is 13.1. The monoisotopic (exact) mass is 417 g/mol. The third kappa shape index (κ3) is 3.45. The molecule has 4 rings (SSSR count). The van der Waals surface area contributed by atoms with E-state index in [9.17, 15) is 4.79 Å². The summed E-state index contributed by atoms with van der Waals surface area (Å²) in [6.45, 7) is 2.68. The first kappa shape index (κ1) is 19.7. The molecule has 27 heavy (non-hydrogen) atoms. The molecule has 0 fully saturated rings. The zero-order valence-corrected chi connectivity index (χ0v) is 17.7. The SMILES string of the molecule is CCn1c(=O)/c(=C2\Sc3ccccc3N2C)s/c1=C\c1cccc[n+]1C.[Cl-]. The van der Waals surface area contributed by atoms with Gasteiger partial charge >= 0.3 is 0 Å². The minimum absolute atomic E-state index is 0. The van der Waals surface area contributed by atoms with E-state index in [0.717, 1.165) is 25.6 Å². The Labute approximate surface area is 172 Å². The van der Waals surface area contributed by atoms with E-state index in [1.807, 2.05) is 56.0 Å². The van der Waals surface area contributed by atoms with Crippen molar-refractivity contribution in [1.29, 1.82) is 0 Å². The van der Waals surface area contributed by atoms with Crippen molar-refractivity contribution in [2.75, 3.05) is 11.9 Å². The molecule has 140 valence electrons. The van der Waals surface area contributed by atoms with Crippen molar-refractivity contribution in [3.05, 3.63) is 73.9 Å². The van der Waals surface area contributed by atoms with Crippen LogP contribution in [0.1, 0.15) is 12.6 Å². The van der Waals surface area contributed by atoms with E-state index in [0.29, 0.717) is 6.54 Å². The summed E-state index contributed by atoms with van der Waals surface area (Å²) in [4.78, 5) is 16.4. The Morgan fingerprint density at radius 1 is 1.15 bits per heavy atom. The molecule has 4 nitrogen and oxygen atoms in total. The molecule has 0 saturated heterocycles. The Hall–Kier alpha value is -2.02. The minimum atomic E-state index is 0. The molecule has 0 spiro atoms. The normalized spacial score (nSPS) is 15.7. The van der Waals surface area contributed by atoms with Crippen LogP contribution in [0.3, 0.4) is 0 Å². The molecule has 0 amide bonds. The molecule has 0 aliphatic carbocycles. The molecule has 0 N–H and O–H groups in total. The second-order valence-electron chi connectivity index (χ2n) is 6.13. The zero-order chi connectivity index (χ0) is 18.3. The summed E-state index contributed by atoms with van der Waals surface area (Å²) in [6, 6.07) is 14.3. The van der Waals surface area contributed by atoms with Crippen molar-refractivity contribution in [2.45, 2.75) is 18.4 Å². The summed E-state index contributed by atoms with van der Waals surface area (Å²) in [6.07, 6.45) is 4.10. The summed E-state index contributed by atoms with van der Waals surface area (Å²) in [5.74, 6) is 0. The predicted octanol–water partition coefficient (Wildman–Crippen LogP) is -1.11. The number of fused-ring (bicyclic) bond motifs is 1. The number of nitrogens with zero attached hydrogens (tertiary/aromatic N) is 3. The molecule has 1 aliphatic rings. The quantitative estimate of drug-likeness (QED) is 0.495. The van der Waals surface area contributed by atoms with Crippen molar-refractivity contribution in [2.24, 2.45) is 7.05 Å². The number of thioether (sulfide) groups is 1. The van der Waals surface area contributed by atoms with Crippen LogP contribution in [0.4, 0.5) is 5.69 Å². The van der Waals surface area contributed by atoms with E-state index < -0.39 is 0 Å². The number of halogens is 1. The van der Waals surface area contributed by atoms with Gasteiger partial charge in [0.15, 0.2) is 6.20 Å². The van der Waals surface area contributed by atoms with Gasteiger partial charge in [0.2, 0.25) is 5.69 Å². The lowest BCUT2D eigenvalue weighted by atomic mass is 10.3. The first-order valence-corrected chi connectivity index (χ1v) is 10.1. The van der Waals surface area contributed by atoms with Crippen LogP contribution in [0.2, 0.25) is 0 Å². The van der Waals surface area contributed by atoms with Gasteiger partial charge in [-0.3, -0.25) is 9.36 Å². The lowest BCUT2D eigenvalue weighted by Gasteiger charge is -2.11. The summed E-state index contributed by atoms with van der Waals surface area (Å²) in [7, 11) is 4.05. The zero-order valence-electron chi connectivity index (χ0n) is 15.3. The third-order valence-electron chi connectivity index (χ3n) is 4.53. The fraction of sp³-hybridized carbons (Fsp3) is 0.200. The lowest BCUT2D eigenvalue weighted by Crippen LogP contribution is -3.00. The molecule has 0 atom stereocenters. The van der Waals surface area contributed by atoms with Gasteiger partial charge in [0.25, 0.3) is 5.56 Å². The van der Waals surface area contributed by atoms with E-state index in [1.165, 1.54) is 4.90 Å². The third-order valence-corrected chi connectivity index (χ3v) is 7.01. The number of anilines is 1. The summed E-state index contributed by atoms with van der Waals surface area (Å²) >= 11 is 3.24. The molecule has 3 aromatic rings. The Morgan fingerprint density at radius 2 is 1.89 bits per heavy atom. The molecular formula is C20H20ClN3OS2. The van der Waals surface area contributed by atoms with Crippen LogP contribution in [0.25, 0.3) is 11.1 Å². The van der Waals surface area contributed by atoms with Crippen molar-refractivity contribution in [1.82, 2.24) is 4.57 Å². The minimum Gasteiger partial charge on any atom is -1.00 e. The van der Waals surface area contributed by atoms with Crippen LogP contribution in [0, 0.1) is 0 Å². The van der Waals surface area contributed by atoms with Crippen LogP contribution in [0.15, 0.2) is 58.4 Å². The van der Waals surface area contributed by atoms with Crippen molar-refractivity contribution in [3.8, 4) is 0 Å². The molecule has 0 unspecified atom stereocenters. The average Bonchev–Trinajstić information content (AvgIpc) is 3.14. The number of pyridine rings is 1. The fourth-order valence-corrected chi connectivity index (χ4v) is 5.54. The van der Waals surface area contributed by atoms with Gasteiger partial charge in [-0.2, -0.15) is 0 Å². The number of para-hydroxylation sites is 1. The van der Waals surface area contributed by atoms with Gasteiger partial charge in [0.05, 0.1) is 5.69 Å². The van der Waals surface area contributed by atoms with E-state index in [1.54, 1.807) is 23.1 Å². The number of benzene rings is 1. The van der Waals surface area contributed by atoms with Gasteiger partial charge in [-0.25, -0.2) is 4.57 Å². The number of aromatic nitrogens is 2. The summed E-state index contributed by atoms with van der Waals surface area (Å²) < 4.78 is 5.70. The maximum Gasteiger partial charge on any atom is 0.271 e. The number of hydrogen-bond acceptors (Lipinski definition) is 4. The van der Waals surface area contributed by atoms with Gasteiger partial charge in [0.1, 0.15) is 21.3 Å². The molecule has 2 aromatic heterocycles. The number of rotatable bonds is 2. The molecule has 1 aliphatic heterocycles. The first-order valence-electron chi connectivity index (χ1n) is 8.51. The Balaban J connectivity index is 0.00000210. The summed E-state index contributed by atoms with van der Waals surface area (Å²) in [5.41, 5.74) is 2.32. The van der Waals surface area contributed by atoms with E-state index in [2.05, 4.69) is 33.7 Å². The van der Waals surface area contributed by atoms with Crippen LogP contribution < -0.4 is 36.6 Å². The second-order valence-corrected chi connectivity index (χ2v) is 8.19. The first-order chi connectivity index (χ1) is 12.6. The van der Waals surface area contributed by atoms with Crippen LogP contribution >= 0.6 is 23.1 Å². The predicted molar refractivity (Wildman–Crippen MR) is 109 cm³/mol. The van der Waals surface area contributed by atoms with Crippen molar-refractivity contribution >= 4 is 39.9 Å². The summed E-state index contributed by atoms with van der Waals surface area (Å²) in [5, 5.41) is 1.01. The van der Waals surface area contributed by atoms with Crippen LogP contribution in [-0.2, 0) is 13.6 Å². The highest BCUT2D eigenvalue weighted by Crippen LogP contribution is 2.44. The van der Waals surface area contributed by atoms with Gasteiger partial charge in [-0.15, -0.1) is 11.3 Å². The second kappa shape index (κ2) is 7.92. The Kier molecular flexibility index (Phi) is 5.79. The van der Waals surface area contributed by atoms with Gasteiger partial charge < -0.3 is 17.3 Å². The number of hydrogen-bond donors (Lipinski definition) is 0. The topological polar surface area (TPSA) is 29.1 Å². The highest BCUT2D eigenvalue weighted by molar-refractivity contribution is 8.08. The number of aryl methyl sites for hydroxylation is 1. The van der Waals surface area contributed by atoms with Crippen molar-refractivity contribution in [3.63, 3.8) is 0 Å². The standard InChI is InChI=1S/C20H20N3OS2.ClH/c1-4-23-17(13-14-9-7-8-12-21(14)2)26-18(19(23)24)20-22(3)15-10-5-6-11-16(15)25-20;/h5-13H,4H2,1-3H3;1H/q+1;/p-1/b20-18+;. The van der Waals surface area contributed by atoms with Crippen LogP contribution in [-0.4, -0.2) is 11.6 Å². The molecule has 3 heterocycles. The molecule has 0 saturated carbocycles. The van der Waals surface area contributed by atoms with Gasteiger partial charge in [0, 0.05) is 36.7 Å². The highest BCUT2D eigenvalue weighted by atomic mass is 35.5. The molecule has 1 aromatic carbocycles. The van der Waals surface area contributed by atoms with Crippen molar-refractivity contribution < 1.29 is 17.0 Å². The van der Waals surface area contributed by atoms with Gasteiger partial charge in [-0.1, -0.05) is 23.9 Å². The average molecular weight is 418 g/mol.